The number of nitrogens with zero attached hydrogens (tertiary/aromatic N) is 2. The maximum atomic E-state index is 13.4. The van der Waals surface area contributed by atoms with Crippen LogP contribution in [0.1, 0.15) is 39.2 Å². The van der Waals surface area contributed by atoms with E-state index in [1.54, 1.807) is 39.8 Å². The van der Waals surface area contributed by atoms with Crippen LogP contribution in [0.2, 0.25) is 0 Å². The molecule has 1 aliphatic rings. The minimum atomic E-state index is -0.786. The number of thiazole rings is 1. The smallest absolute Gasteiger partial charge is 0.336 e. The molecular formula is C28H27FN2O4S. The zero-order chi connectivity index (χ0) is 25.8. The van der Waals surface area contributed by atoms with Crippen LogP contribution < -0.4 is 0 Å². The van der Waals surface area contributed by atoms with Gasteiger partial charge in [0.2, 0.25) is 0 Å². The molecule has 4 rings (SSSR count). The number of benzene rings is 2. The van der Waals surface area contributed by atoms with Crippen molar-refractivity contribution in [3.05, 3.63) is 76.6 Å². The number of hydrogen-bond acceptors (Lipinski definition) is 7. The van der Waals surface area contributed by atoms with Crippen LogP contribution in [0, 0.1) is 11.7 Å². The van der Waals surface area contributed by atoms with Gasteiger partial charge in [-0.15, -0.1) is 11.3 Å². The van der Waals surface area contributed by atoms with Crippen molar-refractivity contribution in [2.75, 3.05) is 13.2 Å². The predicted molar refractivity (Wildman–Crippen MR) is 138 cm³/mol. The van der Waals surface area contributed by atoms with Crippen LogP contribution in [-0.4, -0.2) is 35.8 Å². The molecule has 0 bridgehead atoms. The summed E-state index contributed by atoms with van der Waals surface area (Å²) in [6.45, 7) is 7.42. The minimum absolute atomic E-state index is 0.199. The topological polar surface area (TPSA) is 77.8 Å². The van der Waals surface area contributed by atoms with Gasteiger partial charge in [0.1, 0.15) is 16.7 Å². The predicted octanol–water partition coefficient (Wildman–Crippen LogP) is 6.19. The summed E-state index contributed by atoms with van der Waals surface area (Å²) in [6, 6.07) is 13.7. The van der Waals surface area contributed by atoms with Gasteiger partial charge in [-0.05, 0) is 57.5 Å². The van der Waals surface area contributed by atoms with Crippen LogP contribution in [-0.2, 0) is 19.1 Å². The van der Waals surface area contributed by atoms with E-state index in [0.717, 1.165) is 16.7 Å². The third kappa shape index (κ3) is 4.99. The van der Waals surface area contributed by atoms with E-state index < -0.39 is 23.8 Å². The number of aromatic nitrogens is 1. The molecule has 0 amide bonds. The highest BCUT2D eigenvalue weighted by molar-refractivity contribution is 7.13. The van der Waals surface area contributed by atoms with Crippen molar-refractivity contribution >= 4 is 29.0 Å². The summed E-state index contributed by atoms with van der Waals surface area (Å²) in [6.07, 6.45) is 0. The largest absolute Gasteiger partial charge is 0.465 e. The van der Waals surface area contributed by atoms with Crippen LogP contribution in [0.15, 0.2) is 70.2 Å². The fraction of sp³-hybridized carbons (Fsp3) is 0.286. The number of halogens is 1. The first-order chi connectivity index (χ1) is 17.3. The molecular weight excluding hydrogens is 479 g/mol. The second-order valence-corrected chi connectivity index (χ2v) is 9.17. The molecule has 186 valence electrons. The first kappa shape index (κ1) is 25.4. The maximum Gasteiger partial charge on any atom is 0.336 e. The van der Waals surface area contributed by atoms with Crippen molar-refractivity contribution in [1.82, 2.24) is 4.98 Å². The highest BCUT2D eigenvalue weighted by Gasteiger charge is 2.43. The van der Waals surface area contributed by atoms with Crippen molar-refractivity contribution in [3.8, 4) is 21.8 Å². The second-order valence-electron chi connectivity index (χ2n) is 8.31. The summed E-state index contributed by atoms with van der Waals surface area (Å²) in [4.78, 5) is 35.6. The van der Waals surface area contributed by atoms with Gasteiger partial charge in [0, 0.05) is 33.8 Å². The number of aliphatic imine (C=N–C) groups is 1. The highest BCUT2D eigenvalue weighted by atomic mass is 32.1. The fourth-order valence-corrected chi connectivity index (χ4v) is 5.37. The van der Waals surface area contributed by atoms with Crippen LogP contribution >= 0.6 is 11.3 Å². The average Bonchev–Trinajstić information content (AvgIpc) is 3.34. The number of carbonyl (C=O) groups is 2. The Hall–Kier alpha value is -3.65. The summed E-state index contributed by atoms with van der Waals surface area (Å²) in [5.74, 6) is -2.71. The molecule has 2 heterocycles. The Morgan fingerprint density at radius 2 is 1.69 bits per heavy atom. The highest BCUT2D eigenvalue weighted by Crippen LogP contribution is 2.44. The summed E-state index contributed by atoms with van der Waals surface area (Å²) in [5.41, 5.74) is 4.48. The van der Waals surface area contributed by atoms with Crippen LogP contribution in [0.25, 0.3) is 21.8 Å². The molecule has 0 saturated heterocycles. The molecule has 1 aromatic heterocycles. The lowest BCUT2D eigenvalue weighted by Crippen LogP contribution is -2.36. The molecule has 0 saturated carbocycles. The molecule has 36 heavy (non-hydrogen) atoms. The lowest BCUT2D eigenvalue weighted by molar-refractivity contribution is -0.146. The van der Waals surface area contributed by atoms with Gasteiger partial charge >= 0.3 is 11.9 Å². The molecule has 2 aromatic carbocycles. The normalized spacial score (nSPS) is 17.5. The van der Waals surface area contributed by atoms with Gasteiger partial charge in [0.25, 0.3) is 0 Å². The molecule has 0 spiro atoms. The number of allylic oxidation sites excluding steroid dienone is 1. The minimum Gasteiger partial charge on any atom is -0.465 e. The molecule has 6 nitrogen and oxygen atoms in total. The van der Waals surface area contributed by atoms with Gasteiger partial charge in [0.05, 0.1) is 24.5 Å². The molecule has 1 aliphatic heterocycles. The lowest BCUT2D eigenvalue weighted by Gasteiger charge is -2.32. The van der Waals surface area contributed by atoms with E-state index in [2.05, 4.69) is 4.99 Å². The van der Waals surface area contributed by atoms with E-state index in [1.165, 1.54) is 23.5 Å². The van der Waals surface area contributed by atoms with E-state index >= 15 is 0 Å². The first-order valence-electron chi connectivity index (χ1n) is 11.8. The van der Waals surface area contributed by atoms with E-state index in [-0.39, 0.29) is 19.0 Å². The van der Waals surface area contributed by atoms with E-state index in [0.29, 0.717) is 27.7 Å². The molecule has 8 heteroatoms. The monoisotopic (exact) mass is 506 g/mol. The Bertz CT molecular complexity index is 1340. The van der Waals surface area contributed by atoms with E-state index in [9.17, 15) is 14.0 Å². The van der Waals surface area contributed by atoms with Crippen molar-refractivity contribution in [1.29, 1.82) is 0 Å². The zero-order valence-electron chi connectivity index (χ0n) is 20.6. The lowest BCUT2D eigenvalue weighted by atomic mass is 9.74. The first-order valence-corrected chi connectivity index (χ1v) is 12.6. The average molecular weight is 507 g/mol. The third-order valence-electron chi connectivity index (χ3n) is 6.03. The van der Waals surface area contributed by atoms with Crippen molar-refractivity contribution in [2.24, 2.45) is 10.9 Å². The second kappa shape index (κ2) is 11.0. The molecule has 2 atom stereocenters. The molecule has 0 aliphatic carbocycles. The summed E-state index contributed by atoms with van der Waals surface area (Å²) in [7, 11) is 0. The van der Waals surface area contributed by atoms with E-state index in [1.807, 2.05) is 29.6 Å². The van der Waals surface area contributed by atoms with Crippen molar-refractivity contribution in [2.45, 2.75) is 33.6 Å². The summed E-state index contributed by atoms with van der Waals surface area (Å²) < 4.78 is 24.2. The van der Waals surface area contributed by atoms with Crippen LogP contribution in [0.5, 0.6) is 0 Å². The third-order valence-corrected chi connectivity index (χ3v) is 6.91. The zero-order valence-corrected chi connectivity index (χ0v) is 21.4. The molecule has 0 radical (unpaired) electrons. The molecule has 3 aromatic rings. The SMILES string of the molecule is CCOC(=O)C1=C(C)N=C(C)C(C(=O)OCC)C1c1ccccc1-c1nc(-c2ccc(F)cc2)cs1. The van der Waals surface area contributed by atoms with Gasteiger partial charge in [-0.25, -0.2) is 14.2 Å². The molecule has 0 fully saturated rings. The van der Waals surface area contributed by atoms with Crippen molar-refractivity contribution < 1.29 is 23.5 Å². The number of ether oxygens (including phenoxy) is 2. The Kier molecular flexibility index (Phi) is 7.74. The van der Waals surface area contributed by atoms with Gasteiger partial charge in [-0.2, -0.15) is 0 Å². The quantitative estimate of drug-likeness (QED) is 0.357. The van der Waals surface area contributed by atoms with Gasteiger partial charge < -0.3 is 9.47 Å². The fourth-order valence-electron chi connectivity index (χ4n) is 4.50. The van der Waals surface area contributed by atoms with Crippen LogP contribution in [0.4, 0.5) is 4.39 Å². The number of carbonyl (C=O) groups excluding carboxylic acids is 2. The van der Waals surface area contributed by atoms with Gasteiger partial charge in [0.15, 0.2) is 0 Å². The van der Waals surface area contributed by atoms with Crippen LogP contribution in [0.3, 0.4) is 0 Å². The Balaban J connectivity index is 1.86. The summed E-state index contributed by atoms with van der Waals surface area (Å²) in [5, 5.41) is 2.62. The molecule has 2 unspecified atom stereocenters. The number of rotatable bonds is 7. The Morgan fingerprint density at radius 1 is 1.00 bits per heavy atom. The van der Waals surface area contributed by atoms with Gasteiger partial charge in [-0.3, -0.25) is 9.79 Å². The number of hydrogen-bond donors (Lipinski definition) is 0. The maximum absolute atomic E-state index is 13.4. The molecule has 0 N–H and O–H groups in total. The van der Waals surface area contributed by atoms with E-state index in [4.69, 9.17) is 14.5 Å². The Morgan fingerprint density at radius 3 is 2.39 bits per heavy atom. The number of esters is 2. The Labute approximate surface area is 213 Å². The van der Waals surface area contributed by atoms with Crippen molar-refractivity contribution in [3.63, 3.8) is 0 Å². The summed E-state index contributed by atoms with van der Waals surface area (Å²) >= 11 is 1.44. The standard InChI is InChI=1S/C28H27FN2O4S/c1-5-34-27(32)23-16(3)30-17(4)24(28(33)35-6-2)25(23)20-9-7-8-10-21(20)26-31-22(15-36-26)18-11-13-19(29)14-12-18/h7-15,23,25H,5-6H2,1-4H3. The van der Waals surface area contributed by atoms with Gasteiger partial charge in [-0.1, -0.05) is 24.3 Å².